The molecule has 0 spiro atoms. The molecule has 0 heterocycles. The number of fused-ring (bicyclic) bond motifs is 3. The first-order valence-electron chi connectivity index (χ1n) is 9.06. The molecule has 2 amide bonds. The first-order valence-corrected chi connectivity index (χ1v) is 9.06. The molecule has 0 unspecified atom stereocenters. The van der Waals surface area contributed by atoms with Crippen LogP contribution in [-0.4, -0.2) is 29.9 Å². The molecule has 0 saturated carbocycles. The van der Waals surface area contributed by atoms with Crippen molar-refractivity contribution in [3.8, 4) is 11.1 Å². The number of hydroxylamine groups is 1. The van der Waals surface area contributed by atoms with Crippen molar-refractivity contribution in [3.63, 3.8) is 0 Å². The number of ether oxygens (including phenoxy) is 1. The minimum Gasteiger partial charge on any atom is -0.449 e. The zero-order valence-electron chi connectivity index (χ0n) is 15.4. The van der Waals surface area contributed by atoms with Gasteiger partial charge < -0.3 is 10.1 Å². The van der Waals surface area contributed by atoms with E-state index in [-0.39, 0.29) is 18.4 Å². The van der Waals surface area contributed by atoms with Gasteiger partial charge in [-0.25, -0.2) is 10.3 Å². The summed E-state index contributed by atoms with van der Waals surface area (Å²) in [6, 6.07) is 15.3. The second kappa shape index (κ2) is 8.22. The van der Waals surface area contributed by atoms with Gasteiger partial charge in [-0.3, -0.25) is 10.0 Å². The predicted molar refractivity (Wildman–Crippen MR) is 101 cm³/mol. The van der Waals surface area contributed by atoms with Gasteiger partial charge in [0, 0.05) is 5.92 Å². The topological polar surface area (TPSA) is 87.7 Å². The highest BCUT2D eigenvalue weighted by atomic mass is 16.5. The van der Waals surface area contributed by atoms with Crippen LogP contribution in [0.25, 0.3) is 11.1 Å². The van der Waals surface area contributed by atoms with E-state index in [2.05, 4.69) is 17.4 Å². The fourth-order valence-electron chi connectivity index (χ4n) is 3.56. The van der Waals surface area contributed by atoms with Crippen LogP contribution in [0.15, 0.2) is 48.5 Å². The molecule has 2 aromatic rings. The van der Waals surface area contributed by atoms with Gasteiger partial charge in [0.15, 0.2) is 0 Å². The predicted octanol–water partition coefficient (Wildman–Crippen LogP) is 3.45. The van der Waals surface area contributed by atoms with Crippen LogP contribution in [0, 0.1) is 5.92 Å². The third kappa shape index (κ3) is 4.11. The lowest BCUT2D eigenvalue weighted by Gasteiger charge is -2.19. The maximum Gasteiger partial charge on any atom is 0.407 e. The molecule has 0 fully saturated rings. The number of hydrogen-bond donors (Lipinski definition) is 3. The highest BCUT2D eigenvalue weighted by molar-refractivity contribution is 5.85. The lowest BCUT2D eigenvalue weighted by Crippen LogP contribution is -2.46. The van der Waals surface area contributed by atoms with E-state index in [1.807, 2.05) is 50.2 Å². The summed E-state index contributed by atoms with van der Waals surface area (Å²) >= 11 is 0. The molecule has 1 aliphatic carbocycles. The molecule has 0 aromatic heterocycles. The molecule has 6 heteroatoms. The van der Waals surface area contributed by atoms with E-state index >= 15 is 0 Å². The Bertz CT molecular complexity index is 789. The Morgan fingerprint density at radius 1 is 1.04 bits per heavy atom. The highest BCUT2D eigenvalue weighted by Crippen LogP contribution is 2.44. The van der Waals surface area contributed by atoms with Crippen LogP contribution < -0.4 is 10.8 Å². The van der Waals surface area contributed by atoms with E-state index in [1.165, 1.54) is 0 Å². The lowest BCUT2D eigenvalue weighted by atomic mass is 9.98. The van der Waals surface area contributed by atoms with Gasteiger partial charge in [-0.15, -0.1) is 0 Å². The molecule has 1 aliphatic rings. The lowest BCUT2D eigenvalue weighted by molar-refractivity contribution is -0.131. The molecule has 142 valence electrons. The largest absolute Gasteiger partial charge is 0.449 e. The maximum absolute atomic E-state index is 12.2. The Hall–Kier alpha value is -2.86. The Balaban J connectivity index is 1.69. The van der Waals surface area contributed by atoms with Gasteiger partial charge in [-0.2, -0.15) is 0 Å². The number of carbonyl (C=O) groups excluding carboxylic acids is 2. The molecule has 27 heavy (non-hydrogen) atoms. The van der Waals surface area contributed by atoms with Crippen LogP contribution in [0.3, 0.4) is 0 Å². The molecule has 0 bridgehead atoms. The van der Waals surface area contributed by atoms with E-state index in [0.29, 0.717) is 6.42 Å². The molecule has 0 radical (unpaired) electrons. The minimum atomic E-state index is -0.842. The van der Waals surface area contributed by atoms with Gasteiger partial charge in [0.2, 0.25) is 0 Å². The molecular weight excluding hydrogens is 344 g/mol. The number of alkyl carbamates (subject to hydrolysis) is 1. The zero-order chi connectivity index (χ0) is 19.4. The number of nitrogens with one attached hydrogen (secondary N) is 2. The molecule has 0 aliphatic heterocycles. The minimum absolute atomic E-state index is 0.0432. The van der Waals surface area contributed by atoms with Crippen molar-refractivity contribution in [2.24, 2.45) is 5.92 Å². The summed E-state index contributed by atoms with van der Waals surface area (Å²) in [6.45, 7) is 4.03. The van der Waals surface area contributed by atoms with Gasteiger partial charge >= 0.3 is 6.09 Å². The fraction of sp³-hybridized carbons (Fsp3) is 0.333. The molecule has 6 nitrogen and oxygen atoms in total. The molecular formula is C21H24N2O4. The number of rotatable bonds is 6. The average Bonchev–Trinajstić information content (AvgIpc) is 2.99. The summed E-state index contributed by atoms with van der Waals surface area (Å²) in [5.41, 5.74) is 6.14. The maximum atomic E-state index is 12.2. The summed E-state index contributed by atoms with van der Waals surface area (Å²) in [5.74, 6) is -0.531. The summed E-state index contributed by atoms with van der Waals surface area (Å²) in [6.07, 6.45) is -0.276. The summed E-state index contributed by atoms with van der Waals surface area (Å²) < 4.78 is 5.43. The van der Waals surface area contributed by atoms with Gasteiger partial charge in [0.1, 0.15) is 12.6 Å². The molecule has 0 saturated heterocycles. The van der Waals surface area contributed by atoms with Gasteiger partial charge in [-0.1, -0.05) is 62.4 Å². The number of hydrogen-bond acceptors (Lipinski definition) is 4. The summed E-state index contributed by atoms with van der Waals surface area (Å²) in [7, 11) is 0. The third-order valence-electron chi connectivity index (χ3n) is 4.77. The van der Waals surface area contributed by atoms with Crippen molar-refractivity contribution in [3.05, 3.63) is 59.7 Å². The molecule has 3 rings (SSSR count). The first kappa shape index (κ1) is 18.9. The van der Waals surface area contributed by atoms with Crippen LogP contribution >= 0.6 is 0 Å². The number of carbonyl (C=O) groups is 2. The monoisotopic (exact) mass is 368 g/mol. The van der Waals surface area contributed by atoms with Crippen molar-refractivity contribution in [1.82, 2.24) is 10.8 Å². The Kier molecular flexibility index (Phi) is 5.76. The molecule has 1 atom stereocenters. The SMILES string of the molecule is CC(C)C[C@H](NC(=O)OCC1c2ccccc2-c2ccccc21)C(=O)NO. The normalized spacial score (nSPS) is 13.6. The van der Waals surface area contributed by atoms with Crippen molar-refractivity contribution in [1.29, 1.82) is 0 Å². The Morgan fingerprint density at radius 2 is 1.59 bits per heavy atom. The highest BCUT2D eigenvalue weighted by Gasteiger charge is 2.29. The second-order valence-electron chi connectivity index (χ2n) is 7.13. The summed E-state index contributed by atoms with van der Waals surface area (Å²) in [5, 5.41) is 11.4. The molecule has 3 N–H and O–H groups in total. The van der Waals surface area contributed by atoms with Gasteiger partial charge in [-0.05, 0) is 34.6 Å². The van der Waals surface area contributed by atoms with Crippen LogP contribution in [0.5, 0.6) is 0 Å². The smallest absolute Gasteiger partial charge is 0.407 e. The van der Waals surface area contributed by atoms with Crippen molar-refractivity contribution in [2.45, 2.75) is 32.2 Å². The quantitative estimate of drug-likeness (QED) is 0.538. The van der Waals surface area contributed by atoms with E-state index in [4.69, 9.17) is 9.94 Å². The van der Waals surface area contributed by atoms with Crippen LogP contribution in [-0.2, 0) is 9.53 Å². The molecule has 2 aromatic carbocycles. The van der Waals surface area contributed by atoms with Crippen LogP contribution in [0.4, 0.5) is 4.79 Å². The van der Waals surface area contributed by atoms with E-state index in [1.54, 1.807) is 5.48 Å². The van der Waals surface area contributed by atoms with E-state index in [9.17, 15) is 9.59 Å². The van der Waals surface area contributed by atoms with Gasteiger partial charge in [0.05, 0.1) is 0 Å². The average molecular weight is 368 g/mol. The fourth-order valence-corrected chi connectivity index (χ4v) is 3.56. The Labute approximate surface area is 158 Å². The van der Waals surface area contributed by atoms with E-state index in [0.717, 1.165) is 22.3 Å². The number of benzene rings is 2. The second-order valence-corrected chi connectivity index (χ2v) is 7.13. The number of amides is 2. The summed E-state index contributed by atoms with van der Waals surface area (Å²) in [4.78, 5) is 24.0. The van der Waals surface area contributed by atoms with E-state index < -0.39 is 18.0 Å². The van der Waals surface area contributed by atoms with Crippen molar-refractivity contribution in [2.75, 3.05) is 6.61 Å². The Morgan fingerprint density at radius 3 is 2.11 bits per heavy atom. The van der Waals surface area contributed by atoms with Gasteiger partial charge in [0.25, 0.3) is 5.91 Å². The van der Waals surface area contributed by atoms with Crippen molar-refractivity contribution < 1.29 is 19.5 Å². The van der Waals surface area contributed by atoms with Crippen molar-refractivity contribution >= 4 is 12.0 Å². The first-order chi connectivity index (χ1) is 13.0. The third-order valence-corrected chi connectivity index (χ3v) is 4.77. The van der Waals surface area contributed by atoms with Crippen LogP contribution in [0.1, 0.15) is 37.3 Å². The standard InChI is InChI=1S/C21H24N2O4/c1-13(2)11-19(20(24)23-26)22-21(25)27-12-18-16-9-5-3-7-14(16)15-8-4-6-10-17(15)18/h3-10,13,18-19,26H,11-12H2,1-2H3,(H,22,25)(H,23,24)/t19-/m0/s1. The van der Waals surface area contributed by atoms with Crippen LogP contribution in [0.2, 0.25) is 0 Å². The zero-order valence-corrected chi connectivity index (χ0v) is 15.4.